The SMILES string of the molecule is Cc1cn[nH]c1NC(=O)Cc1c(Cl)cccc1Cl. The fourth-order valence-electron chi connectivity index (χ4n) is 1.52. The molecule has 94 valence electrons. The number of aryl methyl sites for hydroxylation is 1. The van der Waals surface area contributed by atoms with Gasteiger partial charge in [-0.3, -0.25) is 9.89 Å². The van der Waals surface area contributed by atoms with Crippen molar-refractivity contribution in [3.8, 4) is 0 Å². The lowest BCUT2D eigenvalue weighted by Crippen LogP contribution is -2.15. The highest BCUT2D eigenvalue weighted by Crippen LogP contribution is 2.25. The third-order valence-corrected chi connectivity index (χ3v) is 3.20. The van der Waals surface area contributed by atoms with E-state index in [1.54, 1.807) is 24.4 Å². The number of carbonyl (C=O) groups excluding carboxylic acids is 1. The summed E-state index contributed by atoms with van der Waals surface area (Å²) in [6, 6.07) is 5.15. The number of aromatic nitrogens is 2. The minimum atomic E-state index is -0.197. The molecule has 6 heteroatoms. The van der Waals surface area contributed by atoms with Crippen LogP contribution >= 0.6 is 23.2 Å². The van der Waals surface area contributed by atoms with E-state index < -0.39 is 0 Å². The number of halogens is 2. The quantitative estimate of drug-likeness (QED) is 0.909. The number of nitrogens with zero attached hydrogens (tertiary/aromatic N) is 1. The van der Waals surface area contributed by atoms with Crippen LogP contribution in [0.15, 0.2) is 24.4 Å². The average Bonchev–Trinajstić information content (AvgIpc) is 2.70. The van der Waals surface area contributed by atoms with Crippen LogP contribution in [-0.4, -0.2) is 16.1 Å². The Morgan fingerprint density at radius 1 is 1.39 bits per heavy atom. The Balaban J connectivity index is 2.10. The van der Waals surface area contributed by atoms with Crippen molar-refractivity contribution >= 4 is 34.9 Å². The fraction of sp³-hybridized carbons (Fsp3) is 0.167. The van der Waals surface area contributed by atoms with Crippen molar-refractivity contribution in [1.82, 2.24) is 10.2 Å². The number of hydrogen-bond acceptors (Lipinski definition) is 2. The van der Waals surface area contributed by atoms with Crippen molar-refractivity contribution < 1.29 is 4.79 Å². The molecular formula is C12H11Cl2N3O. The minimum absolute atomic E-state index is 0.122. The van der Waals surface area contributed by atoms with Gasteiger partial charge in [-0.1, -0.05) is 29.3 Å². The summed E-state index contributed by atoms with van der Waals surface area (Å²) in [5, 5.41) is 10.2. The summed E-state index contributed by atoms with van der Waals surface area (Å²) in [5.41, 5.74) is 1.49. The maximum Gasteiger partial charge on any atom is 0.230 e. The van der Waals surface area contributed by atoms with Gasteiger partial charge in [-0.05, 0) is 24.6 Å². The zero-order valence-corrected chi connectivity index (χ0v) is 11.1. The molecule has 2 aromatic rings. The number of anilines is 1. The van der Waals surface area contributed by atoms with Gasteiger partial charge in [-0.25, -0.2) is 0 Å². The molecule has 4 nitrogen and oxygen atoms in total. The Morgan fingerprint density at radius 3 is 2.61 bits per heavy atom. The number of carbonyl (C=O) groups is 1. The maximum absolute atomic E-state index is 11.9. The molecule has 2 N–H and O–H groups in total. The maximum atomic E-state index is 11.9. The molecule has 1 aromatic carbocycles. The molecule has 18 heavy (non-hydrogen) atoms. The average molecular weight is 284 g/mol. The third kappa shape index (κ3) is 2.83. The van der Waals surface area contributed by atoms with Crippen molar-refractivity contribution in [2.75, 3.05) is 5.32 Å². The highest BCUT2D eigenvalue weighted by molar-refractivity contribution is 6.36. The van der Waals surface area contributed by atoms with Gasteiger partial charge in [0.2, 0.25) is 5.91 Å². The van der Waals surface area contributed by atoms with Crippen molar-refractivity contribution in [2.24, 2.45) is 0 Å². The van der Waals surface area contributed by atoms with Crippen LogP contribution in [0.5, 0.6) is 0 Å². The molecule has 0 aliphatic carbocycles. The normalized spacial score (nSPS) is 10.4. The van der Waals surface area contributed by atoms with Crippen LogP contribution in [-0.2, 0) is 11.2 Å². The Hall–Kier alpha value is -1.52. The van der Waals surface area contributed by atoms with Gasteiger partial charge in [0.25, 0.3) is 0 Å². The van der Waals surface area contributed by atoms with E-state index in [1.165, 1.54) is 0 Å². The predicted molar refractivity (Wildman–Crippen MR) is 72.1 cm³/mol. The molecule has 0 aliphatic heterocycles. The van der Waals surface area contributed by atoms with Gasteiger partial charge in [0.05, 0.1) is 12.6 Å². The Labute approximate surface area is 114 Å². The van der Waals surface area contributed by atoms with Gasteiger partial charge in [-0.15, -0.1) is 0 Å². The van der Waals surface area contributed by atoms with Crippen LogP contribution in [0.2, 0.25) is 10.0 Å². The van der Waals surface area contributed by atoms with E-state index in [0.29, 0.717) is 21.4 Å². The second kappa shape index (κ2) is 5.42. The molecule has 0 saturated heterocycles. The Morgan fingerprint density at radius 2 is 2.06 bits per heavy atom. The number of H-pyrrole nitrogens is 1. The first-order valence-electron chi connectivity index (χ1n) is 5.30. The van der Waals surface area contributed by atoms with Crippen LogP contribution < -0.4 is 5.32 Å². The summed E-state index contributed by atoms with van der Waals surface area (Å²) >= 11 is 12.0. The molecule has 2 rings (SSSR count). The second-order valence-corrected chi connectivity index (χ2v) is 4.67. The van der Waals surface area contributed by atoms with Crippen LogP contribution in [0.4, 0.5) is 5.82 Å². The summed E-state index contributed by atoms with van der Waals surface area (Å²) in [7, 11) is 0. The van der Waals surface area contributed by atoms with E-state index >= 15 is 0 Å². The standard InChI is InChI=1S/C12H11Cl2N3O/c1-7-6-15-17-12(7)16-11(18)5-8-9(13)3-2-4-10(8)14/h2-4,6H,5H2,1H3,(H2,15,16,17,18). The van der Waals surface area contributed by atoms with Gasteiger partial charge in [0.15, 0.2) is 0 Å². The van der Waals surface area contributed by atoms with Crippen molar-refractivity contribution in [3.63, 3.8) is 0 Å². The number of amides is 1. The zero-order chi connectivity index (χ0) is 13.1. The summed E-state index contributed by atoms with van der Waals surface area (Å²) in [5.74, 6) is 0.389. The number of rotatable bonds is 3. The zero-order valence-electron chi connectivity index (χ0n) is 9.63. The third-order valence-electron chi connectivity index (χ3n) is 2.49. The molecule has 0 radical (unpaired) electrons. The number of benzene rings is 1. The molecule has 0 spiro atoms. The number of hydrogen-bond donors (Lipinski definition) is 2. The van der Waals surface area contributed by atoms with E-state index in [4.69, 9.17) is 23.2 Å². The molecule has 1 amide bonds. The van der Waals surface area contributed by atoms with Gasteiger partial charge in [0.1, 0.15) is 5.82 Å². The molecule has 0 bridgehead atoms. The highest BCUT2D eigenvalue weighted by atomic mass is 35.5. The lowest BCUT2D eigenvalue weighted by Gasteiger charge is -2.07. The van der Waals surface area contributed by atoms with Crippen LogP contribution in [0.25, 0.3) is 0 Å². The van der Waals surface area contributed by atoms with E-state index in [0.717, 1.165) is 5.56 Å². The first-order valence-corrected chi connectivity index (χ1v) is 6.06. The summed E-state index contributed by atoms with van der Waals surface area (Å²) in [6.45, 7) is 1.85. The number of nitrogens with one attached hydrogen (secondary N) is 2. The predicted octanol–water partition coefficient (Wildman–Crippen LogP) is 3.21. The first-order chi connectivity index (χ1) is 8.58. The van der Waals surface area contributed by atoms with Crippen LogP contribution in [0.1, 0.15) is 11.1 Å². The van der Waals surface area contributed by atoms with E-state index in [2.05, 4.69) is 15.5 Å². The van der Waals surface area contributed by atoms with Crippen LogP contribution in [0, 0.1) is 6.92 Å². The Kier molecular flexibility index (Phi) is 3.89. The first kappa shape index (κ1) is 12.9. The van der Waals surface area contributed by atoms with Crippen LogP contribution in [0.3, 0.4) is 0 Å². The lowest BCUT2D eigenvalue weighted by molar-refractivity contribution is -0.115. The summed E-state index contributed by atoms with van der Waals surface area (Å²) in [6.07, 6.45) is 1.76. The molecule has 1 aromatic heterocycles. The van der Waals surface area contributed by atoms with E-state index in [-0.39, 0.29) is 12.3 Å². The van der Waals surface area contributed by atoms with Gasteiger partial charge in [-0.2, -0.15) is 5.10 Å². The van der Waals surface area contributed by atoms with E-state index in [9.17, 15) is 4.79 Å². The van der Waals surface area contributed by atoms with Gasteiger partial charge < -0.3 is 5.32 Å². The smallest absolute Gasteiger partial charge is 0.230 e. The summed E-state index contributed by atoms with van der Waals surface area (Å²) < 4.78 is 0. The Bertz CT molecular complexity index is 560. The molecule has 0 aliphatic rings. The van der Waals surface area contributed by atoms with Gasteiger partial charge >= 0.3 is 0 Å². The molecule has 0 fully saturated rings. The number of aromatic amines is 1. The molecule has 0 saturated carbocycles. The fourth-order valence-corrected chi connectivity index (χ4v) is 2.05. The molecule has 0 atom stereocenters. The second-order valence-electron chi connectivity index (χ2n) is 3.85. The van der Waals surface area contributed by atoms with Crippen molar-refractivity contribution in [1.29, 1.82) is 0 Å². The van der Waals surface area contributed by atoms with Gasteiger partial charge in [0, 0.05) is 15.6 Å². The topological polar surface area (TPSA) is 57.8 Å². The molecular weight excluding hydrogens is 273 g/mol. The van der Waals surface area contributed by atoms with E-state index in [1.807, 2.05) is 6.92 Å². The molecule has 1 heterocycles. The minimum Gasteiger partial charge on any atom is -0.311 e. The largest absolute Gasteiger partial charge is 0.311 e. The monoisotopic (exact) mass is 283 g/mol. The van der Waals surface area contributed by atoms with Crippen molar-refractivity contribution in [2.45, 2.75) is 13.3 Å². The van der Waals surface area contributed by atoms with Crippen molar-refractivity contribution in [3.05, 3.63) is 45.6 Å². The summed E-state index contributed by atoms with van der Waals surface area (Å²) in [4.78, 5) is 11.9. The molecule has 0 unspecified atom stereocenters. The lowest BCUT2D eigenvalue weighted by atomic mass is 10.1. The highest BCUT2D eigenvalue weighted by Gasteiger charge is 2.12.